The average molecular weight is 168 g/mol. The Morgan fingerprint density at radius 2 is 2.17 bits per heavy atom. The Morgan fingerprint density at radius 1 is 1.50 bits per heavy atom. The van der Waals surface area contributed by atoms with E-state index in [9.17, 15) is 14.0 Å². The number of hydrogen-bond acceptors (Lipinski definition) is 2. The first-order valence-corrected chi connectivity index (χ1v) is 3.14. The highest BCUT2D eigenvalue weighted by atomic mass is 19.1. The predicted molar refractivity (Wildman–Crippen MR) is 38.7 cm³/mol. The van der Waals surface area contributed by atoms with Gasteiger partial charge >= 0.3 is 5.97 Å². The largest absolute Gasteiger partial charge is 0.478 e. The topological polar surface area (TPSA) is 54.4 Å². The maximum absolute atomic E-state index is 12.7. The minimum atomic E-state index is -1.43. The van der Waals surface area contributed by atoms with Crippen LogP contribution < -0.4 is 0 Å². The fourth-order valence-corrected chi connectivity index (χ4v) is 0.865. The van der Waals surface area contributed by atoms with Gasteiger partial charge in [0.25, 0.3) is 0 Å². The Kier molecular flexibility index (Phi) is 2.19. The molecule has 0 amide bonds. The zero-order chi connectivity index (χ0) is 9.14. The van der Waals surface area contributed by atoms with Crippen molar-refractivity contribution in [3.8, 4) is 0 Å². The van der Waals surface area contributed by atoms with Gasteiger partial charge in [-0.3, -0.25) is 4.79 Å². The van der Waals surface area contributed by atoms with E-state index in [1.165, 1.54) is 12.1 Å². The van der Waals surface area contributed by atoms with E-state index in [1.807, 2.05) is 0 Å². The Morgan fingerprint density at radius 3 is 2.58 bits per heavy atom. The van der Waals surface area contributed by atoms with Crippen molar-refractivity contribution >= 4 is 12.3 Å². The molecule has 0 aliphatic rings. The number of aldehydes is 1. The molecule has 0 heterocycles. The van der Waals surface area contributed by atoms with E-state index in [2.05, 4.69) is 0 Å². The molecule has 0 bridgehead atoms. The number of carboxylic acids is 1. The number of aromatic carboxylic acids is 1. The summed E-state index contributed by atoms with van der Waals surface area (Å²) >= 11 is 0. The molecule has 0 aliphatic carbocycles. The Hall–Kier alpha value is -1.71. The van der Waals surface area contributed by atoms with Crippen LogP contribution in [0.15, 0.2) is 18.2 Å². The monoisotopic (exact) mass is 168 g/mol. The van der Waals surface area contributed by atoms with Gasteiger partial charge in [-0.05, 0) is 6.07 Å². The van der Waals surface area contributed by atoms with E-state index in [-0.39, 0.29) is 5.56 Å². The van der Waals surface area contributed by atoms with Crippen molar-refractivity contribution < 1.29 is 19.1 Å². The maximum atomic E-state index is 12.7. The first-order chi connectivity index (χ1) is 5.66. The molecule has 0 aromatic heterocycles. The van der Waals surface area contributed by atoms with E-state index < -0.39 is 17.3 Å². The Balaban J connectivity index is 3.39. The molecule has 4 heteroatoms. The summed E-state index contributed by atoms with van der Waals surface area (Å²) in [5, 5.41) is 8.48. The summed E-state index contributed by atoms with van der Waals surface area (Å²) in [4.78, 5) is 20.7. The standard InChI is InChI=1S/C8H5FO3/c9-6-3-1-2-5(4-10)7(6)8(11)12/h1-4H,(H,11,12). The smallest absolute Gasteiger partial charge is 0.339 e. The summed E-state index contributed by atoms with van der Waals surface area (Å²) in [6.45, 7) is 0. The second kappa shape index (κ2) is 3.13. The molecule has 1 N–H and O–H groups in total. The van der Waals surface area contributed by atoms with Gasteiger partial charge < -0.3 is 5.11 Å². The molecule has 0 aliphatic heterocycles. The third-order valence-corrected chi connectivity index (χ3v) is 1.39. The molecule has 0 spiro atoms. The number of rotatable bonds is 2. The molecule has 1 rings (SSSR count). The van der Waals surface area contributed by atoms with Gasteiger partial charge in [0.15, 0.2) is 6.29 Å². The van der Waals surface area contributed by atoms with Crippen LogP contribution in [0, 0.1) is 5.82 Å². The number of carboxylic acid groups (broad SMARTS) is 1. The summed E-state index contributed by atoms with van der Waals surface area (Å²) in [5.74, 6) is -2.33. The lowest BCUT2D eigenvalue weighted by molar-refractivity contribution is 0.0689. The molecule has 12 heavy (non-hydrogen) atoms. The van der Waals surface area contributed by atoms with Crippen molar-refractivity contribution in [1.29, 1.82) is 0 Å². The minimum Gasteiger partial charge on any atom is -0.478 e. The van der Waals surface area contributed by atoms with Gasteiger partial charge in [0, 0.05) is 5.56 Å². The first kappa shape index (κ1) is 8.39. The van der Waals surface area contributed by atoms with Gasteiger partial charge in [-0.1, -0.05) is 12.1 Å². The van der Waals surface area contributed by atoms with Crippen LogP contribution in [0.3, 0.4) is 0 Å². The van der Waals surface area contributed by atoms with Crippen LogP contribution in [-0.2, 0) is 0 Å². The lowest BCUT2D eigenvalue weighted by atomic mass is 10.1. The van der Waals surface area contributed by atoms with Crippen LogP contribution in [0.1, 0.15) is 20.7 Å². The SMILES string of the molecule is O=Cc1cccc(F)c1C(=O)O. The van der Waals surface area contributed by atoms with Crippen molar-refractivity contribution in [3.63, 3.8) is 0 Å². The first-order valence-electron chi connectivity index (χ1n) is 3.14. The number of halogens is 1. The molecule has 62 valence electrons. The number of benzene rings is 1. The highest BCUT2D eigenvalue weighted by molar-refractivity contribution is 5.97. The molecule has 1 aromatic carbocycles. The lowest BCUT2D eigenvalue weighted by Gasteiger charge is -1.98. The summed E-state index contributed by atoms with van der Waals surface area (Å²) in [7, 11) is 0. The van der Waals surface area contributed by atoms with E-state index in [0.717, 1.165) is 6.07 Å². The molecule has 0 radical (unpaired) electrons. The molecule has 3 nitrogen and oxygen atoms in total. The summed E-state index contributed by atoms with van der Waals surface area (Å²) in [6, 6.07) is 3.53. The fourth-order valence-electron chi connectivity index (χ4n) is 0.865. The van der Waals surface area contributed by atoms with Crippen LogP contribution in [0.4, 0.5) is 4.39 Å². The molecular formula is C8H5FO3. The summed E-state index contributed by atoms with van der Waals surface area (Å²) in [5.41, 5.74) is -0.727. The van der Waals surface area contributed by atoms with Crippen LogP contribution in [0.2, 0.25) is 0 Å². The molecule has 0 atom stereocenters. The van der Waals surface area contributed by atoms with Crippen molar-refractivity contribution in [2.45, 2.75) is 0 Å². The van der Waals surface area contributed by atoms with E-state index in [4.69, 9.17) is 5.11 Å². The Bertz CT molecular complexity index is 333. The quantitative estimate of drug-likeness (QED) is 0.678. The van der Waals surface area contributed by atoms with Gasteiger partial charge in [0.05, 0.1) is 0 Å². The van der Waals surface area contributed by atoms with Crippen molar-refractivity contribution in [2.75, 3.05) is 0 Å². The lowest BCUT2D eigenvalue weighted by Crippen LogP contribution is -2.04. The predicted octanol–water partition coefficient (Wildman–Crippen LogP) is 1.34. The molecule has 0 saturated carbocycles. The van der Waals surface area contributed by atoms with Crippen LogP contribution in [0.25, 0.3) is 0 Å². The van der Waals surface area contributed by atoms with E-state index in [0.29, 0.717) is 6.29 Å². The molecule has 0 saturated heterocycles. The minimum absolute atomic E-state index is 0.150. The third-order valence-electron chi connectivity index (χ3n) is 1.39. The highest BCUT2D eigenvalue weighted by Crippen LogP contribution is 2.11. The number of carbonyl (C=O) groups is 2. The molecule has 0 unspecified atom stereocenters. The highest BCUT2D eigenvalue weighted by Gasteiger charge is 2.14. The zero-order valence-corrected chi connectivity index (χ0v) is 5.95. The second-order valence-corrected chi connectivity index (χ2v) is 2.13. The summed E-state index contributed by atoms with van der Waals surface area (Å²) in [6.07, 6.45) is 0.312. The van der Waals surface area contributed by atoms with Gasteiger partial charge in [0.1, 0.15) is 11.4 Å². The number of hydrogen-bond donors (Lipinski definition) is 1. The van der Waals surface area contributed by atoms with Crippen LogP contribution in [0.5, 0.6) is 0 Å². The Labute approximate surface area is 67.4 Å². The van der Waals surface area contributed by atoms with Gasteiger partial charge in [-0.25, -0.2) is 9.18 Å². The van der Waals surface area contributed by atoms with Crippen molar-refractivity contribution in [2.24, 2.45) is 0 Å². The average Bonchev–Trinajstić information content (AvgIpc) is 2.03. The zero-order valence-electron chi connectivity index (χ0n) is 5.95. The third kappa shape index (κ3) is 1.32. The summed E-state index contributed by atoms with van der Waals surface area (Å²) < 4.78 is 12.7. The van der Waals surface area contributed by atoms with E-state index >= 15 is 0 Å². The molecule has 0 fully saturated rings. The van der Waals surface area contributed by atoms with Crippen LogP contribution >= 0.6 is 0 Å². The van der Waals surface area contributed by atoms with Gasteiger partial charge in [0.2, 0.25) is 0 Å². The van der Waals surface area contributed by atoms with Crippen molar-refractivity contribution in [1.82, 2.24) is 0 Å². The van der Waals surface area contributed by atoms with Crippen molar-refractivity contribution in [3.05, 3.63) is 35.1 Å². The maximum Gasteiger partial charge on any atom is 0.339 e. The molecular weight excluding hydrogens is 163 g/mol. The van der Waals surface area contributed by atoms with Gasteiger partial charge in [-0.15, -0.1) is 0 Å². The van der Waals surface area contributed by atoms with E-state index in [1.54, 1.807) is 0 Å². The van der Waals surface area contributed by atoms with Gasteiger partial charge in [-0.2, -0.15) is 0 Å². The second-order valence-electron chi connectivity index (χ2n) is 2.13. The van der Waals surface area contributed by atoms with Crippen LogP contribution in [-0.4, -0.2) is 17.4 Å². The fraction of sp³-hybridized carbons (Fsp3) is 0. The molecule has 1 aromatic rings. The normalized spacial score (nSPS) is 9.42. The number of carbonyl (C=O) groups excluding carboxylic acids is 1.